The monoisotopic (exact) mass is 523 g/mol. The van der Waals surface area contributed by atoms with Crippen LogP contribution in [0.25, 0.3) is 16.5 Å². The molecular weight excluding hydrogens is 478 g/mol. The molecule has 0 radical (unpaired) electrons. The van der Waals surface area contributed by atoms with E-state index in [9.17, 15) is 0 Å². The number of aromatic nitrogens is 1. The summed E-state index contributed by atoms with van der Waals surface area (Å²) in [5, 5.41) is 6.15. The van der Waals surface area contributed by atoms with Crippen molar-refractivity contribution in [3.63, 3.8) is 0 Å². The molecule has 0 saturated carbocycles. The number of aromatic amines is 1. The predicted octanol–water partition coefficient (Wildman–Crippen LogP) is 7.85. The molecule has 3 aromatic rings. The Labute approximate surface area is 228 Å². The summed E-state index contributed by atoms with van der Waals surface area (Å²) in [6, 6.07) is 18.6. The van der Waals surface area contributed by atoms with E-state index < -0.39 is 0 Å². The van der Waals surface area contributed by atoms with Crippen LogP contribution in [0.4, 0.5) is 0 Å². The van der Waals surface area contributed by atoms with Crippen LogP contribution in [-0.2, 0) is 16.1 Å². The van der Waals surface area contributed by atoms with E-state index in [0.29, 0.717) is 6.61 Å². The summed E-state index contributed by atoms with van der Waals surface area (Å²) in [5.74, 6) is 0.771. The van der Waals surface area contributed by atoms with Crippen LogP contribution in [0.2, 0.25) is 0 Å². The summed E-state index contributed by atoms with van der Waals surface area (Å²) < 4.78 is 5.67. The Hall–Kier alpha value is -3.38. The van der Waals surface area contributed by atoms with Gasteiger partial charge in [0.1, 0.15) is 12.9 Å². The van der Waals surface area contributed by atoms with Gasteiger partial charge in [-0.1, -0.05) is 62.0 Å². The highest BCUT2D eigenvalue weighted by Crippen LogP contribution is 2.24. The number of hydrogen-bond acceptors (Lipinski definition) is 5. The first-order valence-electron chi connectivity index (χ1n) is 12.5. The van der Waals surface area contributed by atoms with Gasteiger partial charge in [0.15, 0.2) is 5.88 Å². The quantitative estimate of drug-likeness (QED) is 0.209. The second-order valence-electron chi connectivity index (χ2n) is 7.76. The minimum Gasteiger partial charge on any atom is -0.475 e. The van der Waals surface area contributed by atoms with E-state index in [0.717, 1.165) is 31.7 Å². The summed E-state index contributed by atoms with van der Waals surface area (Å²) >= 11 is 1.74. The SMILES string of the molecule is C=C(OCc1ccccc1)N(CC)CCC.C=CNC.CC=O.CS/C=C(\C)c1cccc2cc[nH]c12. The van der Waals surface area contributed by atoms with Crippen LogP contribution in [0, 0.1) is 0 Å². The molecule has 3 rings (SSSR count). The van der Waals surface area contributed by atoms with E-state index in [1.807, 2.05) is 31.4 Å². The smallest absolute Gasteiger partial charge is 0.182 e. The van der Waals surface area contributed by atoms with Crippen molar-refractivity contribution in [1.29, 1.82) is 0 Å². The van der Waals surface area contributed by atoms with Gasteiger partial charge in [0.05, 0.1) is 5.52 Å². The standard InChI is InChI=1S/C14H21NO.C12H13NS.C3H7N.C2H4O/c1-4-11-15(5-2)13(3)16-12-14-9-7-6-8-10-14;1-9(8-14-2)11-5-3-4-10-6-7-13-12(10)11;1-3-4-2;1-2-3/h6-10H,3-5,11-12H2,1-2H3;3-8,13H,1-2H3;3-4H,1H2,2H3;2H,1H3/b;9-8+;;. The molecule has 0 unspecified atom stereocenters. The minimum absolute atomic E-state index is 0.597. The maximum Gasteiger partial charge on any atom is 0.182 e. The fourth-order valence-corrected chi connectivity index (χ4v) is 3.70. The third-order valence-electron chi connectivity index (χ3n) is 4.99. The molecule has 5 nitrogen and oxygen atoms in total. The van der Waals surface area contributed by atoms with Crippen molar-refractivity contribution < 1.29 is 9.53 Å². The Morgan fingerprint density at radius 1 is 1.14 bits per heavy atom. The van der Waals surface area contributed by atoms with Crippen molar-refractivity contribution in [1.82, 2.24) is 15.2 Å². The first-order valence-corrected chi connectivity index (χ1v) is 13.8. The van der Waals surface area contributed by atoms with Gasteiger partial charge in [-0.2, -0.15) is 0 Å². The molecule has 2 aromatic carbocycles. The first kappa shape index (κ1) is 33.6. The normalized spacial score (nSPS) is 9.84. The van der Waals surface area contributed by atoms with Crippen LogP contribution < -0.4 is 5.32 Å². The molecule has 0 aliphatic heterocycles. The van der Waals surface area contributed by atoms with Gasteiger partial charge in [-0.05, 0) is 74.2 Å². The van der Waals surface area contributed by atoms with Gasteiger partial charge in [0, 0.05) is 31.9 Å². The fourth-order valence-electron chi connectivity index (χ4n) is 3.22. The van der Waals surface area contributed by atoms with Crippen LogP contribution in [0.5, 0.6) is 0 Å². The zero-order chi connectivity index (χ0) is 27.9. The van der Waals surface area contributed by atoms with Gasteiger partial charge in [-0.25, -0.2) is 0 Å². The molecule has 202 valence electrons. The molecule has 2 N–H and O–H groups in total. The highest BCUT2D eigenvalue weighted by atomic mass is 32.2. The fraction of sp³-hybridized carbons (Fsp3) is 0.323. The molecule has 0 amide bonds. The second kappa shape index (κ2) is 21.9. The number of thioether (sulfide) groups is 1. The van der Waals surface area contributed by atoms with Crippen molar-refractivity contribution in [2.75, 3.05) is 26.4 Å². The first-order chi connectivity index (χ1) is 17.9. The molecule has 0 bridgehead atoms. The van der Waals surface area contributed by atoms with Crippen LogP contribution in [0.1, 0.15) is 45.2 Å². The minimum atomic E-state index is 0.597. The Balaban J connectivity index is 0.000000563. The van der Waals surface area contributed by atoms with Gasteiger partial charge < -0.3 is 24.7 Å². The highest BCUT2D eigenvalue weighted by Gasteiger charge is 2.05. The Kier molecular flexibility index (Phi) is 19.9. The lowest BCUT2D eigenvalue weighted by atomic mass is 10.1. The molecule has 0 aliphatic carbocycles. The summed E-state index contributed by atoms with van der Waals surface area (Å²) in [6.07, 6.45) is 7.56. The van der Waals surface area contributed by atoms with Gasteiger partial charge >= 0.3 is 0 Å². The molecule has 0 saturated heterocycles. The molecule has 6 heteroatoms. The molecule has 37 heavy (non-hydrogen) atoms. The number of allylic oxidation sites excluding steroid dienone is 1. The number of carbonyl (C=O) groups is 1. The Morgan fingerprint density at radius 3 is 2.32 bits per heavy atom. The number of benzene rings is 2. The number of ether oxygens (including phenoxy) is 1. The summed E-state index contributed by atoms with van der Waals surface area (Å²) in [7, 11) is 1.81. The maximum atomic E-state index is 8.81. The maximum absolute atomic E-state index is 8.81. The third kappa shape index (κ3) is 14.1. The predicted molar refractivity (Wildman–Crippen MR) is 164 cm³/mol. The molecule has 0 atom stereocenters. The lowest BCUT2D eigenvalue weighted by Crippen LogP contribution is -2.24. The van der Waals surface area contributed by atoms with Crippen molar-refractivity contribution in [2.24, 2.45) is 0 Å². The lowest BCUT2D eigenvalue weighted by Gasteiger charge is -2.24. The van der Waals surface area contributed by atoms with E-state index in [1.165, 1.54) is 34.5 Å². The van der Waals surface area contributed by atoms with Crippen LogP contribution in [0.15, 0.2) is 91.4 Å². The molecule has 1 aromatic heterocycles. The van der Waals surface area contributed by atoms with Crippen LogP contribution >= 0.6 is 11.8 Å². The summed E-state index contributed by atoms with van der Waals surface area (Å²) in [4.78, 5) is 14.2. The number of carbonyl (C=O) groups excluding carboxylic acids is 1. The third-order valence-corrected chi connectivity index (χ3v) is 5.58. The number of aldehydes is 1. The van der Waals surface area contributed by atoms with E-state index in [2.05, 4.69) is 97.2 Å². The molecule has 1 heterocycles. The number of fused-ring (bicyclic) bond motifs is 1. The lowest BCUT2D eigenvalue weighted by molar-refractivity contribution is -0.106. The molecule has 0 fully saturated rings. The summed E-state index contributed by atoms with van der Waals surface area (Å²) in [6.45, 7) is 17.7. The number of hydrogen-bond donors (Lipinski definition) is 2. The van der Waals surface area contributed by atoms with E-state index >= 15 is 0 Å². The van der Waals surface area contributed by atoms with Crippen molar-refractivity contribution in [3.05, 3.63) is 103 Å². The zero-order valence-corrected chi connectivity index (χ0v) is 24.2. The molecular formula is C31H45N3O2S. The van der Waals surface area contributed by atoms with Gasteiger partial charge in [-0.15, -0.1) is 11.8 Å². The van der Waals surface area contributed by atoms with Gasteiger partial charge in [0.25, 0.3) is 0 Å². The van der Waals surface area contributed by atoms with Crippen LogP contribution in [-0.4, -0.2) is 42.6 Å². The van der Waals surface area contributed by atoms with E-state index in [-0.39, 0.29) is 0 Å². The summed E-state index contributed by atoms with van der Waals surface area (Å²) in [5.41, 5.74) is 5.01. The number of nitrogens with zero attached hydrogens (tertiary/aromatic N) is 1. The number of rotatable bonds is 10. The Bertz CT molecular complexity index is 1040. The van der Waals surface area contributed by atoms with E-state index in [1.54, 1.807) is 18.0 Å². The zero-order valence-electron chi connectivity index (χ0n) is 23.4. The van der Waals surface area contributed by atoms with Crippen LogP contribution in [0.3, 0.4) is 0 Å². The molecule has 0 aliphatic rings. The van der Waals surface area contributed by atoms with Gasteiger partial charge in [0.2, 0.25) is 0 Å². The number of nitrogens with one attached hydrogen (secondary N) is 2. The molecule has 0 spiro atoms. The topological polar surface area (TPSA) is 57.4 Å². The van der Waals surface area contributed by atoms with Crippen molar-refractivity contribution in [3.8, 4) is 0 Å². The van der Waals surface area contributed by atoms with Gasteiger partial charge in [-0.3, -0.25) is 0 Å². The Morgan fingerprint density at radius 2 is 1.78 bits per heavy atom. The van der Waals surface area contributed by atoms with E-state index in [4.69, 9.17) is 9.53 Å². The number of H-pyrrole nitrogens is 1. The van der Waals surface area contributed by atoms with Crippen molar-refractivity contribution in [2.45, 2.75) is 40.7 Å². The average Bonchev–Trinajstić information content (AvgIpc) is 3.41. The average molecular weight is 524 g/mol. The highest BCUT2D eigenvalue weighted by molar-refractivity contribution is 8.01. The second-order valence-corrected chi connectivity index (χ2v) is 8.47. The number of para-hydroxylation sites is 1. The largest absolute Gasteiger partial charge is 0.475 e. The van der Waals surface area contributed by atoms with Crippen molar-refractivity contribution >= 4 is 34.5 Å².